The number of carbonyl (C=O) groups is 1. The number of hydrogen-bond acceptors (Lipinski definition) is 3. The molecule has 1 rings (SSSR count). The molecule has 0 amide bonds. The first-order chi connectivity index (χ1) is 7.54. The monoisotopic (exact) mass is 350 g/mol. The standard InChI is InChI=1S/C11H12Br2O3/c1-2-16-11(15)10(14)6-7-3-4-8(12)9(13)5-7/h3-5,10,14H,2,6H2,1H3/t10-/m1/s1. The van der Waals surface area contributed by atoms with Crippen LogP contribution in [0, 0.1) is 0 Å². The van der Waals surface area contributed by atoms with E-state index in [9.17, 15) is 9.90 Å². The lowest BCUT2D eigenvalue weighted by molar-refractivity contribution is -0.152. The molecule has 16 heavy (non-hydrogen) atoms. The number of esters is 1. The molecule has 1 aromatic carbocycles. The SMILES string of the molecule is CCOC(=O)[C@H](O)Cc1ccc(Br)c(Br)c1. The van der Waals surface area contributed by atoms with Crippen molar-refractivity contribution in [2.45, 2.75) is 19.4 Å². The fraction of sp³-hybridized carbons (Fsp3) is 0.364. The summed E-state index contributed by atoms with van der Waals surface area (Å²) in [6.07, 6.45) is -0.849. The normalized spacial score (nSPS) is 12.2. The molecule has 88 valence electrons. The van der Waals surface area contributed by atoms with Gasteiger partial charge in [-0.15, -0.1) is 0 Å². The molecule has 0 aromatic heterocycles. The van der Waals surface area contributed by atoms with Gasteiger partial charge in [0.05, 0.1) is 6.61 Å². The Kier molecular flexibility index (Phi) is 5.44. The molecular formula is C11H12Br2O3. The molecule has 1 atom stereocenters. The molecule has 0 spiro atoms. The highest BCUT2D eigenvalue weighted by atomic mass is 79.9. The fourth-order valence-electron chi connectivity index (χ4n) is 1.21. The molecule has 1 aromatic rings. The molecule has 0 saturated carbocycles. The van der Waals surface area contributed by atoms with Crippen LogP contribution in [-0.2, 0) is 16.0 Å². The van der Waals surface area contributed by atoms with Crippen molar-refractivity contribution >= 4 is 37.8 Å². The Bertz CT molecular complexity index is 379. The fourth-order valence-corrected chi connectivity index (χ4v) is 1.88. The molecule has 0 fully saturated rings. The minimum Gasteiger partial charge on any atom is -0.464 e. The van der Waals surface area contributed by atoms with Crippen LogP contribution in [0.25, 0.3) is 0 Å². The quantitative estimate of drug-likeness (QED) is 0.848. The van der Waals surface area contributed by atoms with Crippen molar-refractivity contribution in [2.24, 2.45) is 0 Å². The Labute approximate surface area is 111 Å². The smallest absolute Gasteiger partial charge is 0.335 e. The first kappa shape index (κ1) is 13.7. The second-order valence-corrected chi connectivity index (χ2v) is 4.93. The molecule has 0 aliphatic carbocycles. The van der Waals surface area contributed by atoms with Gasteiger partial charge in [0.15, 0.2) is 6.10 Å². The van der Waals surface area contributed by atoms with E-state index in [0.717, 1.165) is 14.5 Å². The topological polar surface area (TPSA) is 46.5 Å². The molecule has 0 unspecified atom stereocenters. The van der Waals surface area contributed by atoms with Gasteiger partial charge in [-0.05, 0) is 56.5 Å². The van der Waals surface area contributed by atoms with Gasteiger partial charge in [-0.3, -0.25) is 0 Å². The van der Waals surface area contributed by atoms with Gasteiger partial charge in [-0.25, -0.2) is 4.79 Å². The number of carbonyl (C=O) groups excluding carboxylic acids is 1. The van der Waals surface area contributed by atoms with E-state index in [2.05, 4.69) is 31.9 Å². The van der Waals surface area contributed by atoms with Crippen molar-refractivity contribution in [2.75, 3.05) is 6.61 Å². The van der Waals surface area contributed by atoms with Gasteiger partial charge in [-0.1, -0.05) is 6.07 Å². The highest BCUT2D eigenvalue weighted by molar-refractivity contribution is 9.13. The largest absolute Gasteiger partial charge is 0.464 e. The Hall–Kier alpha value is -0.390. The van der Waals surface area contributed by atoms with Crippen molar-refractivity contribution < 1.29 is 14.6 Å². The third kappa shape index (κ3) is 3.88. The van der Waals surface area contributed by atoms with Crippen molar-refractivity contribution in [3.8, 4) is 0 Å². The zero-order valence-corrected chi connectivity index (χ0v) is 11.9. The van der Waals surface area contributed by atoms with Crippen molar-refractivity contribution in [3.63, 3.8) is 0 Å². The second-order valence-electron chi connectivity index (χ2n) is 3.22. The highest BCUT2D eigenvalue weighted by Gasteiger charge is 2.16. The van der Waals surface area contributed by atoms with Crippen LogP contribution in [0.2, 0.25) is 0 Å². The van der Waals surface area contributed by atoms with E-state index in [1.165, 1.54) is 0 Å². The number of rotatable bonds is 4. The van der Waals surface area contributed by atoms with Gasteiger partial charge < -0.3 is 9.84 Å². The average Bonchev–Trinajstić information content (AvgIpc) is 2.24. The van der Waals surface area contributed by atoms with Crippen LogP contribution in [0.15, 0.2) is 27.1 Å². The maximum absolute atomic E-state index is 11.2. The molecule has 0 bridgehead atoms. The minimum absolute atomic E-state index is 0.255. The van der Waals surface area contributed by atoms with Gasteiger partial charge in [0.25, 0.3) is 0 Å². The summed E-state index contributed by atoms with van der Waals surface area (Å²) in [6, 6.07) is 5.56. The summed E-state index contributed by atoms with van der Waals surface area (Å²) >= 11 is 6.71. The van der Waals surface area contributed by atoms with E-state index in [1.54, 1.807) is 6.92 Å². The van der Waals surface area contributed by atoms with E-state index >= 15 is 0 Å². The van der Waals surface area contributed by atoms with Gasteiger partial charge in [-0.2, -0.15) is 0 Å². The van der Waals surface area contributed by atoms with E-state index in [0.29, 0.717) is 0 Å². The van der Waals surface area contributed by atoms with Crippen LogP contribution in [-0.4, -0.2) is 23.8 Å². The maximum atomic E-state index is 11.2. The lowest BCUT2D eigenvalue weighted by Crippen LogP contribution is -2.25. The summed E-state index contributed by atoms with van der Waals surface area (Å²) in [5.41, 5.74) is 0.871. The van der Waals surface area contributed by atoms with Crippen LogP contribution < -0.4 is 0 Å². The van der Waals surface area contributed by atoms with Crippen molar-refractivity contribution in [3.05, 3.63) is 32.7 Å². The number of hydrogen-bond donors (Lipinski definition) is 1. The van der Waals surface area contributed by atoms with Gasteiger partial charge in [0.2, 0.25) is 0 Å². The zero-order chi connectivity index (χ0) is 12.1. The Balaban J connectivity index is 2.66. The number of aliphatic hydroxyl groups is 1. The second kappa shape index (κ2) is 6.37. The van der Waals surface area contributed by atoms with Gasteiger partial charge >= 0.3 is 5.97 Å². The van der Waals surface area contributed by atoms with Gasteiger partial charge in [0.1, 0.15) is 0 Å². The first-order valence-electron chi connectivity index (χ1n) is 4.83. The lowest BCUT2D eigenvalue weighted by atomic mass is 10.1. The van der Waals surface area contributed by atoms with Crippen LogP contribution in [0.5, 0.6) is 0 Å². The summed E-state index contributed by atoms with van der Waals surface area (Å²) in [6.45, 7) is 1.99. The Morgan fingerprint density at radius 3 is 2.69 bits per heavy atom. The third-order valence-corrected chi connectivity index (χ3v) is 3.85. The molecule has 5 heteroatoms. The zero-order valence-electron chi connectivity index (χ0n) is 8.74. The number of ether oxygens (including phenoxy) is 1. The van der Waals surface area contributed by atoms with Crippen molar-refractivity contribution in [1.29, 1.82) is 0 Å². The van der Waals surface area contributed by atoms with E-state index in [-0.39, 0.29) is 13.0 Å². The Morgan fingerprint density at radius 2 is 2.12 bits per heavy atom. The predicted octanol–water partition coefficient (Wildman–Crippen LogP) is 2.68. The molecule has 1 N–H and O–H groups in total. The molecule has 0 radical (unpaired) electrons. The highest BCUT2D eigenvalue weighted by Crippen LogP contribution is 2.24. The molecule has 0 aliphatic heterocycles. The van der Waals surface area contributed by atoms with Gasteiger partial charge in [0, 0.05) is 15.4 Å². The lowest BCUT2D eigenvalue weighted by Gasteiger charge is -2.10. The number of aliphatic hydroxyl groups excluding tert-OH is 1. The van der Waals surface area contributed by atoms with E-state index in [4.69, 9.17) is 4.74 Å². The van der Waals surface area contributed by atoms with Crippen molar-refractivity contribution in [1.82, 2.24) is 0 Å². The van der Waals surface area contributed by atoms with Crippen LogP contribution in [0.1, 0.15) is 12.5 Å². The first-order valence-corrected chi connectivity index (χ1v) is 6.41. The average molecular weight is 352 g/mol. The minimum atomic E-state index is -1.10. The van der Waals surface area contributed by atoms with Crippen LogP contribution in [0.3, 0.4) is 0 Å². The Morgan fingerprint density at radius 1 is 1.44 bits per heavy atom. The van der Waals surface area contributed by atoms with Crippen LogP contribution in [0.4, 0.5) is 0 Å². The summed E-state index contributed by atoms with van der Waals surface area (Å²) < 4.78 is 6.54. The summed E-state index contributed by atoms with van der Waals surface area (Å²) in [5, 5.41) is 9.56. The van der Waals surface area contributed by atoms with E-state index in [1.807, 2.05) is 18.2 Å². The summed E-state index contributed by atoms with van der Waals surface area (Å²) in [5.74, 6) is -0.582. The predicted molar refractivity (Wildman–Crippen MR) is 68.2 cm³/mol. The molecule has 0 saturated heterocycles. The summed E-state index contributed by atoms with van der Waals surface area (Å²) in [4.78, 5) is 11.2. The van der Waals surface area contributed by atoms with Crippen LogP contribution >= 0.6 is 31.9 Å². The van der Waals surface area contributed by atoms with E-state index < -0.39 is 12.1 Å². The number of benzene rings is 1. The maximum Gasteiger partial charge on any atom is 0.335 e. The molecular weight excluding hydrogens is 340 g/mol. The molecule has 0 heterocycles. The molecule has 3 nitrogen and oxygen atoms in total. The third-order valence-electron chi connectivity index (χ3n) is 1.97. The number of halogens is 2. The summed E-state index contributed by atoms with van der Waals surface area (Å²) in [7, 11) is 0. The molecule has 0 aliphatic rings.